The van der Waals surface area contributed by atoms with E-state index in [1.54, 1.807) is 11.7 Å². The number of nitrogens with one attached hydrogen (secondary N) is 2. The lowest BCUT2D eigenvalue weighted by molar-refractivity contribution is -0.141. The monoisotopic (exact) mass is 268 g/mol. The summed E-state index contributed by atoms with van der Waals surface area (Å²) in [5.74, 6) is 5.55. The average molecular weight is 268 g/mol. The Morgan fingerprint density at radius 2 is 2.37 bits per heavy atom. The number of rotatable bonds is 6. The summed E-state index contributed by atoms with van der Waals surface area (Å²) >= 11 is 0. The van der Waals surface area contributed by atoms with E-state index < -0.39 is 0 Å². The number of aromatic nitrogens is 2. The Hall–Kier alpha value is -2.09. The number of nitrogens with zero attached hydrogens (tertiary/aromatic N) is 3. The Morgan fingerprint density at radius 3 is 2.95 bits per heavy atom. The van der Waals surface area contributed by atoms with Crippen molar-refractivity contribution in [3.05, 3.63) is 17.5 Å². The number of hydrazone groups is 1. The van der Waals surface area contributed by atoms with Gasteiger partial charge in [0, 0.05) is 26.9 Å². The predicted octanol–water partition coefficient (Wildman–Crippen LogP) is -0.511. The lowest BCUT2D eigenvalue weighted by Gasteiger charge is -2.10. The molecule has 1 aromatic rings. The van der Waals surface area contributed by atoms with E-state index >= 15 is 0 Å². The zero-order valence-electron chi connectivity index (χ0n) is 11.4. The van der Waals surface area contributed by atoms with E-state index in [0.717, 1.165) is 11.4 Å². The van der Waals surface area contributed by atoms with Gasteiger partial charge >= 0.3 is 5.97 Å². The van der Waals surface area contributed by atoms with Crippen LogP contribution < -0.4 is 16.7 Å². The fourth-order valence-electron chi connectivity index (χ4n) is 1.62. The number of ether oxygens (including phenoxy) is 1. The number of hydrogen-bond donors (Lipinski definition) is 3. The van der Waals surface area contributed by atoms with Gasteiger partial charge in [-0.25, -0.2) is 5.43 Å². The minimum Gasteiger partial charge on any atom is -0.466 e. The van der Waals surface area contributed by atoms with Gasteiger partial charge in [0.1, 0.15) is 5.69 Å². The molecule has 0 aliphatic heterocycles. The normalized spacial score (nSPS) is 11.4. The number of aryl methyl sites for hydroxylation is 2. The van der Waals surface area contributed by atoms with E-state index in [1.165, 1.54) is 6.92 Å². The van der Waals surface area contributed by atoms with Crippen LogP contribution in [-0.4, -0.2) is 35.2 Å². The number of hydrazine groups is 1. The van der Waals surface area contributed by atoms with Crippen molar-refractivity contribution in [2.45, 2.75) is 26.8 Å². The van der Waals surface area contributed by atoms with Crippen molar-refractivity contribution in [3.63, 3.8) is 0 Å². The maximum Gasteiger partial charge on any atom is 0.302 e. The molecule has 106 valence electrons. The molecule has 0 aliphatic carbocycles. The van der Waals surface area contributed by atoms with Crippen LogP contribution in [0.25, 0.3) is 0 Å². The smallest absolute Gasteiger partial charge is 0.302 e. The molecule has 0 radical (unpaired) electrons. The van der Waals surface area contributed by atoms with Crippen LogP contribution in [0.4, 0.5) is 0 Å². The van der Waals surface area contributed by atoms with Gasteiger partial charge in [0.2, 0.25) is 0 Å². The van der Waals surface area contributed by atoms with Gasteiger partial charge in [0.05, 0.1) is 12.3 Å². The molecule has 1 aromatic heterocycles. The van der Waals surface area contributed by atoms with Crippen molar-refractivity contribution in [2.75, 3.05) is 13.7 Å². The maximum absolute atomic E-state index is 10.7. The fraction of sp³-hybridized carbons (Fsp3) is 0.545. The lowest BCUT2D eigenvalue weighted by atomic mass is 10.3. The first-order chi connectivity index (χ1) is 9.08. The van der Waals surface area contributed by atoms with Crippen molar-refractivity contribution in [2.24, 2.45) is 10.9 Å². The van der Waals surface area contributed by atoms with Gasteiger partial charge in [-0.2, -0.15) is 10.2 Å². The largest absolute Gasteiger partial charge is 0.466 e. The van der Waals surface area contributed by atoms with E-state index in [-0.39, 0.29) is 5.97 Å². The first-order valence-corrected chi connectivity index (χ1v) is 5.97. The third-order valence-corrected chi connectivity index (χ3v) is 2.34. The Balaban J connectivity index is 2.70. The molecule has 0 saturated carbocycles. The molecule has 8 heteroatoms. The second-order valence-electron chi connectivity index (χ2n) is 3.94. The van der Waals surface area contributed by atoms with Crippen LogP contribution in [0, 0.1) is 6.92 Å². The molecular weight excluding hydrogens is 248 g/mol. The van der Waals surface area contributed by atoms with Crippen molar-refractivity contribution in [1.29, 1.82) is 0 Å². The Bertz CT molecular complexity index is 454. The quantitative estimate of drug-likeness (QED) is 0.160. The highest BCUT2D eigenvalue weighted by Gasteiger charge is 2.11. The molecule has 0 saturated heterocycles. The Morgan fingerprint density at radius 1 is 1.63 bits per heavy atom. The van der Waals surface area contributed by atoms with Gasteiger partial charge in [-0.1, -0.05) is 0 Å². The van der Waals surface area contributed by atoms with E-state index in [9.17, 15) is 4.79 Å². The number of esters is 1. The summed E-state index contributed by atoms with van der Waals surface area (Å²) in [5, 5.41) is 8.03. The van der Waals surface area contributed by atoms with Crippen molar-refractivity contribution in [1.82, 2.24) is 20.6 Å². The molecule has 0 spiro atoms. The van der Waals surface area contributed by atoms with E-state index in [1.807, 2.05) is 13.0 Å². The van der Waals surface area contributed by atoms with Crippen LogP contribution in [0.1, 0.15) is 24.7 Å². The minimum absolute atomic E-state index is 0.280. The SMILES string of the molecule is CNNC(=NN)c1cc(C)nn1CCCOC(C)=O. The van der Waals surface area contributed by atoms with E-state index in [4.69, 9.17) is 10.6 Å². The molecule has 1 heterocycles. The number of nitrogens with two attached hydrogens (primary N) is 1. The second-order valence-corrected chi connectivity index (χ2v) is 3.94. The van der Waals surface area contributed by atoms with Crippen molar-refractivity contribution in [3.8, 4) is 0 Å². The van der Waals surface area contributed by atoms with Gasteiger partial charge < -0.3 is 16.0 Å². The minimum atomic E-state index is -0.280. The molecule has 0 amide bonds. The van der Waals surface area contributed by atoms with Gasteiger partial charge in [-0.05, 0) is 13.0 Å². The summed E-state index contributed by atoms with van der Waals surface area (Å²) < 4.78 is 6.65. The van der Waals surface area contributed by atoms with Crippen LogP contribution in [0.5, 0.6) is 0 Å². The molecule has 1 rings (SSSR count). The molecule has 4 N–H and O–H groups in total. The summed E-state index contributed by atoms with van der Waals surface area (Å²) in [6.45, 7) is 4.25. The van der Waals surface area contributed by atoms with Crippen LogP contribution in [-0.2, 0) is 16.1 Å². The topological polar surface area (TPSA) is 107 Å². The zero-order chi connectivity index (χ0) is 14.3. The number of hydrogen-bond acceptors (Lipinski definition) is 6. The van der Waals surface area contributed by atoms with Crippen molar-refractivity contribution < 1.29 is 9.53 Å². The molecular formula is C11H20N6O2. The van der Waals surface area contributed by atoms with Crippen LogP contribution in [0.3, 0.4) is 0 Å². The van der Waals surface area contributed by atoms with E-state index in [2.05, 4.69) is 21.1 Å². The third-order valence-electron chi connectivity index (χ3n) is 2.34. The standard InChI is InChI=1S/C11H20N6O2/c1-8-7-10(11(14-12)15-13-3)17(16-8)5-4-6-19-9(2)18/h7,13H,4-6,12H2,1-3H3,(H,14,15). The summed E-state index contributed by atoms with van der Waals surface area (Å²) in [5.41, 5.74) is 7.24. The molecule has 0 atom stereocenters. The average Bonchev–Trinajstić information content (AvgIpc) is 2.72. The lowest BCUT2D eigenvalue weighted by Crippen LogP contribution is -2.37. The van der Waals surface area contributed by atoms with Crippen LogP contribution >= 0.6 is 0 Å². The zero-order valence-corrected chi connectivity index (χ0v) is 11.4. The third kappa shape index (κ3) is 4.59. The summed E-state index contributed by atoms with van der Waals surface area (Å²) in [4.78, 5) is 10.7. The number of carbonyl (C=O) groups is 1. The molecule has 0 aliphatic rings. The summed E-state index contributed by atoms with van der Waals surface area (Å²) in [6, 6.07) is 1.88. The van der Waals surface area contributed by atoms with Gasteiger partial charge in [-0.3, -0.25) is 9.48 Å². The molecule has 0 aromatic carbocycles. The van der Waals surface area contributed by atoms with Gasteiger partial charge in [0.25, 0.3) is 0 Å². The Labute approximate surface area is 112 Å². The maximum atomic E-state index is 10.7. The highest BCUT2D eigenvalue weighted by molar-refractivity contribution is 5.96. The number of amidine groups is 1. The van der Waals surface area contributed by atoms with Gasteiger partial charge in [-0.15, -0.1) is 0 Å². The highest BCUT2D eigenvalue weighted by Crippen LogP contribution is 2.05. The second kappa shape index (κ2) is 7.37. The first-order valence-electron chi connectivity index (χ1n) is 5.97. The summed E-state index contributed by atoms with van der Waals surface area (Å²) in [7, 11) is 1.72. The molecule has 0 bridgehead atoms. The van der Waals surface area contributed by atoms with Crippen LogP contribution in [0.15, 0.2) is 11.2 Å². The molecule has 0 unspecified atom stereocenters. The number of carbonyl (C=O) groups excluding carboxylic acids is 1. The Kier molecular flexibility index (Phi) is 5.80. The summed E-state index contributed by atoms with van der Waals surface area (Å²) in [6.07, 6.45) is 0.672. The van der Waals surface area contributed by atoms with Gasteiger partial charge in [0.15, 0.2) is 5.84 Å². The first kappa shape index (κ1) is 15.0. The molecule has 8 nitrogen and oxygen atoms in total. The fourth-order valence-corrected chi connectivity index (χ4v) is 1.62. The predicted molar refractivity (Wildman–Crippen MR) is 71.1 cm³/mol. The van der Waals surface area contributed by atoms with Crippen LogP contribution in [0.2, 0.25) is 0 Å². The highest BCUT2D eigenvalue weighted by atomic mass is 16.5. The molecule has 19 heavy (non-hydrogen) atoms. The molecule has 0 fully saturated rings. The van der Waals surface area contributed by atoms with Crippen molar-refractivity contribution >= 4 is 11.8 Å². The van der Waals surface area contributed by atoms with E-state index in [0.29, 0.717) is 25.4 Å².